The van der Waals surface area contributed by atoms with Crippen LogP contribution < -0.4 is 15.5 Å². The Kier molecular flexibility index (Phi) is 6.36. The normalized spacial score (nSPS) is 18.9. The minimum Gasteiger partial charge on any atom is -0.377 e. The lowest BCUT2D eigenvalue weighted by Gasteiger charge is -2.34. The summed E-state index contributed by atoms with van der Waals surface area (Å²) >= 11 is 0. The van der Waals surface area contributed by atoms with Crippen LogP contribution in [0.15, 0.2) is 36.7 Å². The molecular formula is C24H28FN7O4S. The van der Waals surface area contributed by atoms with Gasteiger partial charge in [-0.25, -0.2) is 27.6 Å². The smallest absolute Gasteiger partial charge is 0.323 e. The lowest BCUT2D eigenvalue weighted by molar-refractivity contribution is 0.0985. The van der Waals surface area contributed by atoms with Gasteiger partial charge < -0.3 is 20.3 Å². The van der Waals surface area contributed by atoms with Gasteiger partial charge in [-0.15, -0.1) is 0 Å². The molecule has 1 saturated heterocycles. The number of anilines is 3. The number of sulfone groups is 1. The number of amides is 2. The topological polar surface area (TPSA) is 131 Å². The average molecular weight is 530 g/mol. The first-order valence-electron chi connectivity index (χ1n) is 11.9. The van der Waals surface area contributed by atoms with Crippen LogP contribution in [0.4, 0.5) is 26.4 Å². The van der Waals surface area contributed by atoms with E-state index >= 15 is 4.39 Å². The van der Waals surface area contributed by atoms with Crippen LogP contribution in [0, 0.1) is 5.82 Å². The summed E-state index contributed by atoms with van der Waals surface area (Å²) in [5.74, 6) is 0.105. The summed E-state index contributed by atoms with van der Waals surface area (Å²) in [4.78, 5) is 23.6. The van der Waals surface area contributed by atoms with Crippen molar-refractivity contribution >= 4 is 33.1 Å². The molecule has 2 N–H and O–H groups in total. The summed E-state index contributed by atoms with van der Waals surface area (Å²) in [5, 5.41) is 9.02. The summed E-state index contributed by atoms with van der Waals surface area (Å²) in [6, 6.07) is 5.38. The number of hydrogen-bond donors (Lipinski definition) is 2. The first kappa shape index (κ1) is 25.1. The molecule has 3 heterocycles. The molecule has 13 heteroatoms. The van der Waals surface area contributed by atoms with Crippen LogP contribution in [0.5, 0.6) is 0 Å². The molecule has 1 saturated carbocycles. The standard InChI is InChI=1S/C24H28FN7O4S/c1-15-14-36-9-8-32(15)21-11-20(24(6-7-24)37(3,34)35)29-22(30-21)16-4-5-19(18(25)10-16)28-23(33)27-17-12-26-31(2)13-17/h4-5,10-13,15H,6-9,14H2,1-3H3,(H2,27,28,33)/t15-/m0/s1. The van der Waals surface area contributed by atoms with Gasteiger partial charge in [-0.1, -0.05) is 0 Å². The predicted octanol–water partition coefficient (Wildman–Crippen LogP) is 2.92. The molecule has 2 fully saturated rings. The Morgan fingerprint density at radius 2 is 2.00 bits per heavy atom. The number of carbonyl (C=O) groups is 1. The second-order valence-corrected chi connectivity index (χ2v) is 11.8. The molecule has 1 aliphatic carbocycles. The maximum absolute atomic E-state index is 15.1. The van der Waals surface area contributed by atoms with E-state index in [-0.39, 0.29) is 17.6 Å². The molecule has 0 radical (unpaired) electrons. The van der Waals surface area contributed by atoms with Crippen molar-refractivity contribution in [3.05, 3.63) is 48.2 Å². The Bertz CT molecular complexity index is 1460. The number of ether oxygens (including phenoxy) is 1. The maximum atomic E-state index is 15.1. The SMILES string of the molecule is C[C@H]1COCCN1c1cc(C2(S(C)(=O)=O)CC2)nc(-c2ccc(NC(=O)Nc3cnn(C)c3)c(F)c2)n1. The molecule has 2 amide bonds. The summed E-state index contributed by atoms with van der Waals surface area (Å²) in [5.41, 5.74) is 1.21. The highest BCUT2D eigenvalue weighted by molar-refractivity contribution is 7.91. The maximum Gasteiger partial charge on any atom is 0.323 e. The highest BCUT2D eigenvalue weighted by Crippen LogP contribution is 2.52. The van der Waals surface area contributed by atoms with Crippen molar-refractivity contribution in [3.8, 4) is 11.4 Å². The van der Waals surface area contributed by atoms with E-state index in [2.05, 4.69) is 25.7 Å². The van der Waals surface area contributed by atoms with E-state index in [0.717, 1.165) is 0 Å². The first-order valence-corrected chi connectivity index (χ1v) is 13.7. The minimum absolute atomic E-state index is 0.0272. The fourth-order valence-corrected chi connectivity index (χ4v) is 5.80. The van der Waals surface area contributed by atoms with Gasteiger partial charge in [-0.05, 0) is 38.0 Å². The molecule has 5 rings (SSSR count). The first-order chi connectivity index (χ1) is 17.6. The number of nitrogens with zero attached hydrogens (tertiary/aromatic N) is 5. The Hall–Kier alpha value is -3.58. The van der Waals surface area contributed by atoms with E-state index in [1.165, 1.54) is 29.3 Å². The van der Waals surface area contributed by atoms with Crippen molar-refractivity contribution in [1.82, 2.24) is 19.7 Å². The van der Waals surface area contributed by atoms with Crippen LogP contribution in [0.3, 0.4) is 0 Å². The van der Waals surface area contributed by atoms with E-state index in [1.54, 1.807) is 25.4 Å². The second-order valence-electron chi connectivity index (χ2n) is 9.50. The zero-order valence-corrected chi connectivity index (χ0v) is 21.5. The van der Waals surface area contributed by atoms with Gasteiger partial charge in [-0.3, -0.25) is 4.68 Å². The van der Waals surface area contributed by atoms with E-state index in [9.17, 15) is 13.2 Å². The second kappa shape index (κ2) is 9.38. The minimum atomic E-state index is -3.42. The molecule has 1 atom stereocenters. The highest BCUT2D eigenvalue weighted by atomic mass is 32.2. The van der Waals surface area contributed by atoms with Crippen LogP contribution in [0.1, 0.15) is 25.5 Å². The van der Waals surface area contributed by atoms with Crippen LogP contribution in [-0.4, -0.2) is 66.3 Å². The quantitative estimate of drug-likeness (QED) is 0.498. The van der Waals surface area contributed by atoms with Crippen LogP contribution in [0.25, 0.3) is 11.4 Å². The van der Waals surface area contributed by atoms with Crippen molar-refractivity contribution in [2.24, 2.45) is 7.05 Å². The van der Waals surface area contributed by atoms with Crippen molar-refractivity contribution < 1.29 is 22.3 Å². The fraction of sp³-hybridized carbons (Fsp3) is 0.417. The van der Waals surface area contributed by atoms with Crippen LogP contribution in [-0.2, 0) is 26.4 Å². The van der Waals surface area contributed by atoms with Gasteiger partial charge in [-0.2, -0.15) is 5.10 Å². The van der Waals surface area contributed by atoms with Gasteiger partial charge in [0, 0.05) is 37.7 Å². The van der Waals surface area contributed by atoms with Crippen molar-refractivity contribution in [2.45, 2.75) is 30.6 Å². The zero-order valence-electron chi connectivity index (χ0n) is 20.7. The molecular weight excluding hydrogens is 501 g/mol. The Morgan fingerprint density at radius 1 is 1.22 bits per heavy atom. The fourth-order valence-electron chi connectivity index (χ4n) is 4.47. The Balaban J connectivity index is 1.47. The Morgan fingerprint density at radius 3 is 2.62 bits per heavy atom. The van der Waals surface area contributed by atoms with Crippen molar-refractivity contribution in [3.63, 3.8) is 0 Å². The van der Waals surface area contributed by atoms with E-state index in [1.807, 2.05) is 11.8 Å². The number of rotatable bonds is 6. The zero-order chi connectivity index (χ0) is 26.4. The molecule has 37 heavy (non-hydrogen) atoms. The van der Waals surface area contributed by atoms with Crippen LogP contribution in [0.2, 0.25) is 0 Å². The lowest BCUT2D eigenvalue weighted by Crippen LogP contribution is -2.44. The predicted molar refractivity (Wildman–Crippen MR) is 137 cm³/mol. The number of hydrogen-bond acceptors (Lipinski definition) is 8. The summed E-state index contributed by atoms with van der Waals surface area (Å²) in [6.07, 6.45) is 5.25. The number of morpholine rings is 1. The van der Waals surface area contributed by atoms with Gasteiger partial charge >= 0.3 is 6.03 Å². The third-order valence-corrected chi connectivity index (χ3v) is 8.73. The number of nitrogens with one attached hydrogen (secondary N) is 2. The van der Waals surface area contributed by atoms with Crippen molar-refractivity contribution in [2.75, 3.05) is 41.5 Å². The summed E-state index contributed by atoms with van der Waals surface area (Å²) in [6.45, 7) is 3.63. The monoisotopic (exact) mass is 529 g/mol. The van der Waals surface area contributed by atoms with Gasteiger partial charge in [0.15, 0.2) is 15.7 Å². The largest absolute Gasteiger partial charge is 0.377 e. The number of carbonyl (C=O) groups excluding carboxylic acids is 1. The Labute approximate surface area is 214 Å². The molecule has 0 spiro atoms. The molecule has 11 nitrogen and oxygen atoms in total. The molecule has 0 unspecified atom stereocenters. The molecule has 196 valence electrons. The molecule has 2 aliphatic rings. The number of aryl methyl sites for hydroxylation is 1. The van der Waals surface area contributed by atoms with Crippen LogP contribution >= 0.6 is 0 Å². The van der Waals surface area contributed by atoms with Crippen molar-refractivity contribution in [1.29, 1.82) is 0 Å². The highest BCUT2D eigenvalue weighted by Gasteiger charge is 2.55. The number of aromatic nitrogens is 4. The van der Waals surface area contributed by atoms with Gasteiger partial charge in [0.2, 0.25) is 0 Å². The van der Waals surface area contributed by atoms with E-state index < -0.39 is 26.4 Å². The number of halogens is 1. The molecule has 1 aromatic carbocycles. The molecule has 3 aromatic rings. The third-order valence-electron chi connectivity index (χ3n) is 6.69. The summed E-state index contributed by atoms with van der Waals surface area (Å²) < 4.78 is 46.4. The van der Waals surface area contributed by atoms with Gasteiger partial charge in [0.25, 0.3) is 0 Å². The molecule has 0 bridgehead atoms. The number of urea groups is 1. The van der Waals surface area contributed by atoms with E-state index in [0.29, 0.717) is 55.4 Å². The van der Waals surface area contributed by atoms with Gasteiger partial charge in [0.1, 0.15) is 16.4 Å². The molecule has 2 aromatic heterocycles. The van der Waals surface area contributed by atoms with E-state index in [4.69, 9.17) is 4.74 Å². The summed E-state index contributed by atoms with van der Waals surface area (Å²) in [7, 11) is -1.71. The molecule has 1 aliphatic heterocycles. The van der Waals surface area contributed by atoms with Gasteiger partial charge in [0.05, 0.1) is 42.5 Å². The third kappa shape index (κ3) is 5.01. The number of benzene rings is 1. The lowest BCUT2D eigenvalue weighted by atomic mass is 10.1. The average Bonchev–Trinajstić information content (AvgIpc) is 3.58.